The van der Waals surface area contributed by atoms with Gasteiger partial charge in [-0.3, -0.25) is 9.59 Å². The number of rotatable bonds is 3. The Morgan fingerprint density at radius 1 is 1.25 bits per heavy atom. The second-order valence-corrected chi connectivity index (χ2v) is 9.14. The summed E-state index contributed by atoms with van der Waals surface area (Å²) in [6.45, 7) is 1.82. The molecule has 0 spiro atoms. The van der Waals surface area contributed by atoms with Crippen LogP contribution in [-0.4, -0.2) is 80.3 Å². The minimum absolute atomic E-state index is 0. The van der Waals surface area contributed by atoms with Crippen LogP contribution < -0.4 is 5.32 Å². The summed E-state index contributed by atoms with van der Waals surface area (Å²) < 4.78 is 23.2. The van der Waals surface area contributed by atoms with Crippen molar-refractivity contribution in [1.29, 1.82) is 0 Å². The average molecular weight is 380 g/mol. The molecular formula is C15H26ClN3O4S. The molecule has 3 atom stereocenters. The van der Waals surface area contributed by atoms with Crippen LogP contribution in [0.15, 0.2) is 0 Å². The van der Waals surface area contributed by atoms with E-state index < -0.39 is 9.84 Å². The second kappa shape index (κ2) is 7.58. The molecule has 3 aliphatic heterocycles. The Morgan fingerprint density at radius 2 is 2.00 bits per heavy atom. The van der Waals surface area contributed by atoms with Gasteiger partial charge in [0.2, 0.25) is 11.8 Å². The van der Waals surface area contributed by atoms with E-state index in [2.05, 4.69) is 5.32 Å². The molecule has 0 aliphatic carbocycles. The maximum atomic E-state index is 12.7. The van der Waals surface area contributed by atoms with Gasteiger partial charge in [0.1, 0.15) is 0 Å². The summed E-state index contributed by atoms with van der Waals surface area (Å²) >= 11 is 0. The third kappa shape index (κ3) is 4.03. The van der Waals surface area contributed by atoms with Crippen LogP contribution in [0.1, 0.15) is 25.7 Å². The molecule has 0 aromatic carbocycles. The molecule has 0 radical (unpaired) electrons. The molecule has 1 N–H and O–H groups in total. The molecule has 7 nitrogen and oxygen atoms in total. The Balaban J connectivity index is 0.00000208. The van der Waals surface area contributed by atoms with Gasteiger partial charge in [-0.1, -0.05) is 0 Å². The van der Waals surface area contributed by atoms with E-state index in [-0.39, 0.29) is 54.1 Å². The van der Waals surface area contributed by atoms with Crippen LogP contribution in [0.25, 0.3) is 0 Å². The van der Waals surface area contributed by atoms with Gasteiger partial charge >= 0.3 is 0 Å². The fraction of sp³-hybridized carbons (Fsp3) is 0.867. The Kier molecular flexibility index (Phi) is 6.14. The first-order valence-electron chi connectivity index (χ1n) is 8.35. The molecule has 0 saturated carbocycles. The van der Waals surface area contributed by atoms with E-state index in [4.69, 9.17) is 0 Å². The fourth-order valence-corrected chi connectivity index (χ4v) is 5.67. The lowest BCUT2D eigenvalue weighted by Gasteiger charge is -2.34. The summed E-state index contributed by atoms with van der Waals surface area (Å²) in [4.78, 5) is 28.4. The van der Waals surface area contributed by atoms with Crippen molar-refractivity contribution < 1.29 is 18.0 Å². The number of carbonyl (C=O) groups excluding carboxylic acids is 2. The normalized spacial score (nSPS) is 32.7. The molecule has 24 heavy (non-hydrogen) atoms. The highest BCUT2D eigenvalue weighted by molar-refractivity contribution is 7.91. The molecule has 3 heterocycles. The molecular weight excluding hydrogens is 354 g/mol. The highest BCUT2D eigenvalue weighted by atomic mass is 35.5. The zero-order valence-corrected chi connectivity index (χ0v) is 15.6. The van der Waals surface area contributed by atoms with E-state index in [1.165, 1.54) is 0 Å². The Bertz CT molecular complexity index is 598. The number of amides is 2. The third-order valence-electron chi connectivity index (χ3n) is 5.30. The van der Waals surface area contributed by atoms with Crippen molar-refractivity contribution in [2.24, 2.45) is 5.92 Å². The Morgan fingerprint density at radius 3 is 2.62 bits per heavy atom. The van der Waals surface area contributed by atoms with Gasteiger partial charge in [0.15, 0.2) is 9.84 Å². The van der Waals surface area contributed by atoms with E-state index in [1.54, 1.807) is 4.90 Å². The summed E-state index contributed by atoms with van der Waals surface area (Å²) in [7, 11) is -1.12. The number of nitrogens with one attached hydrogen (secondary N) is 1. The van der Waals surface area contributed by atoms with Crippen molar-refractivity contribution in [2.45, 2.75) is 37.8 Å². The summed E-state index contributed by atoms with van der Waals surface area (Å²) in [5.41, 5.74) is 0. The van der Waals surface area contributed by atoms with Gasteiger partial charge in [0.05, 0.1) is 17.4 Å². The minimum Gasteiger partial charge on any atom is -0.341 e. The van der Waals surface area contributed by atoms with E-state index in [1.807, 2.05) is 11.9 Å². The van der Waals surface area contributed by atoms with Gasteiger partial charge in [-0.05, 0) is 26.3 Å². The molecule has 3 saturated heterocycles. The quantitative estimate of drug-likeness (QED) is 0.724. The van der Waals surface area contributed by atoms with Crippen LogP contribution in [0.5, 0.6) is 0 Å². The van der Waals surface area contributed by atoms with Gasteiger partial charge in [-0.15, -0.1) is 12.4 Å². The number of hydrogen-bond donors (Lipinski definition) is 1. The van der Waals surface area contributed by atoms with Crippen LogP contribution in [0.3, 0.4) is 0 Å². The minimum atomic E-state index is -3.02. The molecule has 9 heteroatoms. The van der Waals surface area contributed by atoms with E-state index >= 15 is 0 Å². The number of nitrogens with zero attached hydrogens (tertiary/aromatic N) is 2. The van der Waals surface area contributed by atoms with E-state index in [9.17, 15) is 18.0 Å². The SMILES string of the molecule is CNC1CCCN(C(=O)C2CC(=O)N(C3CCS(=O)(=O)C3)C2)C1.Cl. The molecule has 0 aromatic rings. The standard InChI is InChI=1S/C15H25N3O4S.ClH/c1-16-12-3-2-5-17(9-12)15(20)11-7-14(19)18(8-11)13-4-6-23(21,22)10-13;/h11-13,16H,2-10H2,1H3;1H. The van der Waals surface area contributed by atoms with Crippen molar-refractivity contribution in [1.82, 2.24) is 15.1 Å². The van der Waals surface area contributed by atoms with Crippen molar-refractivity contribution in [3.8, 4) is 0 Å². The molecule has 3 aliphatic rings. The van der Waals surface area contributed by atoms with Crippen LogP contribution in [-0.2, 0) is 19.4 Å². The highest BCUT2D eigenvalue weighted by Crippen LogP contribution is 2.28. The largest absolute Gasteiger partial charge is 0.341 e. The highest BCUT2D eigenvalue weighted by Gasteiger charge is 2.43. The van der Waals surface area contributed by atoms with Crippen molar-refractivity contribution in [3.05, 3.63) is 0 Å². The molecule has 2 amide bonds. The van der Waals surface area contributed by atoms with Gasteiger partial charge in [0, 0.05) is 38.1 Å². The summed E-state index contributed by atoms with van der Waals surface area (Å²) in [6.07, 6.45) is 2.76. The summed E-state index contributed by atoms with van der Waals surface area (Å²) in [6, 6.07) is 0.0811. The lowest BCUT2D eigenvalue weighted by atomic mass is 10.0. The number of likely N-dealkylation sites (N-methyl/N-ethyl adjacent to an activating group) is 1. The first-order valence-corrected chi connectivity index (χ1v) is 10.2. The number of halogens is 1. The number of carbonyl (C=O) groups is 2. The number of likely N-dealkylation sites (tertiary alicyclic amines) is 2. The molecule has 3 unspecified atom stereocenters. The van der Waals surface area contributed by atoms with E-state index in [0.717, 1.165) is 19.4 Å². The van der Waals surface area contributed by atoms with Crippen LogP contribution in [0.2, 0.25) is 0 Å². The number of piperidine rings is 1. The Labute approximate surface area is 149 Å². The zero-order chi connectivity index (χ0) is 16.6. The average Bonchev–Trinajstić information content (AvgIpc) is 3.09. The first kappa shape index (κ1) is 19.5. The lowest BCUT2D eigenvalue weighted by Crippen LogP contribution is -2.49. The molecule has 3 fully saturated rings. The third-order valence-corrected chi connectivity index (χ3v) is 7.05. The van der Waals surface area contributed by atoms with Gasteiger partial charge in [-0.2, -0.15) is 0 Å². The van der Waals surface area contributed by atoms with Crippen molar-refractivity contribution in [2.75, 3.05) is 38.2 Å². The smallest absolute Gasteiger partial charge is 0.228 e. The van der Waals surface area contributed by atoms with Gasteiger partial charge in [-0.25, -0.2) is 8.42 Å². The number of sulfone groups is 1. The van der Waals surface area contributed by atoms with Crippen molar-refractivity contribution in [3.63, 3.8) is 0 Å². The lowest BCUT2D eigenvalue weighted by molar-refractivity contribution is -0.137. The zero-order valence-electron chi connectivity index (χ0n) is 13.9. The maximum Gasteiger partial charge on any atom is 0.228 e. The van der Waals surface area contributed by atoms with Gasteiger partial charge in [0.25, 0.3) is 0 Å². The molecule has 3 rings (SSSR count). The van der Waals surface area contributed by atoms with Crippen LogP contribution in [0, 0.1) is 5.92 Å². The predicted molar refractivity (Wildman–Crippen MR) is 92.8 cm³/mol. The van der Waals surface area contributed by atoms with Crippen molar-refractivity contribution >= 4 is 34.1 Å². The first-order chi connectivity index (χ1) is 10.9. The summed E-state index contributed by atoms with van der Waals surface area (Å²) in [5, 5.41) is 3.21. The van der Waals surface area contributed by atoms with Crippen LogP contribution in [0.4, 0.5) is 0 Å². The molecule has 0 aromatic heterocycles. The topological polar surface area (TPSA) is 86.8 Å². The van der Waals surface area contributed by atoms with Crippen LogP contribution >= 0.6 is 12.4 Å². The van der Waals surface area contributed by atoms with Gasteiger partial charge < -0.3 is 15.1 Å². The number of hydrogen-bond acceptors (Lipinski definition) is 5. The fourth-order valence-electron chi connectivity index (χ4n) is 3.94. The molecule has 138 valence electrons. The Hall–Kier alpha value is -0.860. The summed E-state index contributed by atoms with van der Waals surface area (Å²) in [5.74, 6) is -0.156. The predicted octanol–water partition coefficient (Wildman–Crippen LogP) is -0.346. The van der Waals surface area contributed by atoms with E-state index in [0.29, 0.717) is 25.6 Å². The molecule has 0 bridgehead atoms. The maximum absolute atomic E-state index is 12.7. The second-order valence-electron chi connectivity index (χ2n) is 6.92. The monoisotopic (exact) mass is 379 g/mol.